The Hall–Kier alpha value is -2.62. The summed E-state index contributed by atoms with van der Waals surface area (Å²) >= 11 is 0. The molecular weight excluding hydrogens is 336 g/mol. The van der Waals surface area contributed by atoms with E-state index < -0.39 is 21.6 Å². The van der Waals surface area contributed by atoms with Gasteiger partial charge in [-0.05, 0) is 24.3 Å². The second-order valence-electron chi connectivity index (χ2n) is 5.37. The normalized spacial score (nSPS) is 14.9. The molecule has 0 spiro atoms. The molecule has 1 aromatic rings. The number of sulfone groups is 1. The van der Waals surface area contributed by atoms with Crippen LogP contribution in [0.2, 0.25) is 0 Å². The van der Waals surface area contributed by atoms with Gasteiger partial charge in [0.05, 0.1) is 5.75 Å². The van der Waals surface area contributed by atoms with Crippen LogP contribution in [0.1, 0.15) is 5.56 Å². The van der Waals surface area contributed by atoms with Gasteiger partial charge in [0.15, 0.2) is 9.84 Å². The van der Waals surface area contributed by atoms with Crippen LogP contribution in [0.3, 0.4) is 0 Å². The highest BCUT2D eigenvalue weighted by molar-refractivity contribution is 7.92. The van der Waals surface area contributed by atoms with E-state index in [1.54, 1.807) is 24.3 Å². The van der Waals surface area contributed by atoms with Gasteiger partial charge in [-0.3, -0.25) is 15.1 Å². The first kappa shape index (κ1) is 17.7. The maximum Gasteiger partial charge on any atom is 0.324 e. The van der Waals surface area contributed by atoms with Crippen molar-refractivity contribution in [3.63, 3.8) is 0 Å². The maximum absolute atomic E-state index is 12.3. The van der Waals surface area contributed by atoms with Crippen LogP contribution in [0.15, 0.2) is 24.3 Å². The number of carboxylic acid groups (broad SMARTS) is 1. The quantitative estimate of drug-likeness (QED) is 0.453. The minimum Gasteiger partial charge on any atom is -0.480 e. The van der Waals surface area contributed by atoms with E-state index in [-0.39, 0.29) is 24.2 Å². The molecule has 130 valence electrons. The van der Waals surface area contributed by atoms with Gasteiger partial charge in [-0.25, -0.2) is 13.2 Å². The van der Waals surface area contributed by atoms with Crippen molar-refractivity contribution in [1.29, 1.82) is 5.41 Å². The molecule has 0 saturated carbocycles. The van der Waals surface area contributed by atoms with Crippen molar-refractivity contribution in [3.8, 4) is 0 Å². The zero-order valence-electron chi connectivity index (χ0n) is 12.8. The van der Waals surface area contributed by atoms with Crippen LogP contribution in [0.4, 0.5) is 10.5 Å². The number of nitrogens with two attached hydrogens (primary N) is 1. The number of rotatable bonds is 7. The van der Waals surface area contributed by atoms with Gasteiger partial charge in [0.1, 0.15) is 11.6 Å². The highest BCUT2D eigenvalue weighted by Crippen LogP contribution is 2.20. The molecule has 4 N–H and O–H groups in total. The molecule has 9 nitrogen and oxygen atoms in total. The molecule has 0 radical (unpaired) electrons. The van der Waals surface area contributed by atoms with E-state index in [2.05, 4.69) is 0 Å². The fourth-order valence-electron chi connectivity index (χ4n) is 2.36. The fourth-order valence-corrected chi connectivity index (χ4v) is 3.38. The van der Waals surface area contributed by atoms with Gasteiger partial charge in [-0.1, -0.05) is 0 Å². The van der Waals surface area contributed by atoms with Gasteiger partial charge in [0.2, 0.25) is 0 Å². The molecule has 0 bridgehead atoms. The Kier molecular flexibility index (Phi) is 5.07. The molecule has 2 rings (SSSR count). The summed E-state index contributed by atoms with van der Waals surface area (Å²) in [5.74, 6) is -2.80. The van der Waals surface area contributed by atoms with Crippen molar-refractivity contribution in [2.75, 3.05) is 36.0 Å². The van der Waals surface area contributed by atoms with Gasteiger partial charge in [0.25, 0.3) is 0 Å². The Labute approximate surface area is 139 Å². The van der Waals surface area contributed by atoms with Crippen LogP contribution in [0, 0.1) is 5.41 Å². The summed E-state index contributed by atoms with van der Waals surface area (Å²) in [6.07, 6.45) is 0. The molecular formula is C14H18N4O5S. The molecule has 1 aliphatic rings. The minimum absolute atomic E-state index is 0.0452. The first-order valence-electron chi connectivity index (χ1n) is 7.13. The summed E-state index contributed by atoms with van der Waals surface area (Å²) in [5, 5.41) is 15.9. The van der Waals surface area contributed by atoms with E-state index in [9.17, 15) is 18.0 Å². The van der Waals surface area contributed by atoms with Crippen LogP contribution in [0.25, 0.3) is 0 Å². The van der Waals surface area contributed by atoms with Gasteiger partial charge in [-0.2, -0.15) is 0 Å². The molecule has 1 fully saturated rings. The van der Waals surface area contributed by atoms with E-state index in [0.29, 0.717) is 24.3 Å². The zero-order valence-corrected chi connectivity index (χ0v) is 13.6. The molecule has 1 saturated heterocycles. The average molecular weight is 354 g/mol. The topological polar surface area (TPSA) is 145 Å². The molecule has 0 unspecified atom stereocenters. The third kappa shape index (κ3) is 4.22. The number of nitrogen functional groups attached to an aromatic ring is 1. The summed E-state index contributed by atoms with van der Waals surface area (Å²) in [5.41, 5.74) is 6.55. The lowest BCUT2D eigenvalue weighted by atomic mass is 10.2. The van der Waals surface area contributed by atoms with E-state index in [0.717, 1.165) is 0 Å². The predicted octanol–water partition coefficient (Wildman–Crippen LogP) is -0.288. The largest absolute Gasteiger partial charge is 0.480 e. The Morgan fingerprint density at radius 1 is 1.25 bits per heavy atom. The Balaban J connectivity index is 1.99. The summed E-state index contributed by atoms with van der Waals surface area (Å²) in [7, 11) is -3.74. The summed E-state index contributed by atoms with van der Waals surface area (Å²) < 4.78 is 23.2. The van der Waals surface area contributed by atoms with Crippen LogP contribution < -0.4 is 10.6 Å². The molecule has 0 aliphatic carbocycles. The number of carbonyl (C=O) groups is 2. The van der Waals surface area contributed by atoms with Crippen LogP contribution in [-0.2, 0) is 14.6 Å². The van der Waals surface area contributed by atoms with Crippen molar-refractivity contribution in [2.24, 2.45) is 5.73 Å². The summed E-state index contributed by atoms with van der Waals surface area (Å²) in [6, 6.07) is 6.25. The number of hydrogen-bond donors (Lipinski definition) is 3. The molecule has 2 amide bonds. The predicted molar refractivity (Wildman–Crippen MR) is 88.1 cm³/mol. The fraction of sp³-hybridized carbons (Fsp3) is 0.357. The van der Waals surface area contributed by atoms with E-state index in [1.807, 2.05) is 0 Å². The zero-order chi connectivity index (χ0) is 17.9. The smallest absolute Gasteiger partial charge is 0.324 e. The lowest BCUT2D eigenvalue weighted by Crippen LogP contribution is -2.35. The highest BCUT2D eigenvalue weighted by Gasteiger charge is 2.30. The Morgan fingerprint density at radius 3 is 2.42 bits per heavy atom. The number of amides is 2. The number of nitrogens with zero attached hydrogens (tertiary/aromatic N) is 2. The second kappa shape index (κ2) is 6.87. The van der Waals surface area contributed by atoms with Gasteiger partial charge >= 0.3 is 12.0 Å². The van der Waals surface area contributed by atoms with Gasteiger partial charge in [0, 0.05) is 30.9 Å². The van der Waals surface area contributed by atoms with Crippen LogP contribution in [0.5, 0.6) is 0 Å². The van der Waals surface area contributed by atoms with Crippen molar-refractivity contribution in [2.45, 2.75) is 0 Å². The number of benzene rings is 1. The lowest BCUT2D eigenvalue weighted by molar-refractivity contribution is -0.134. The molecule has 1 aromatic carbocycles. The number of carboxylic acids is 1. The minimum atomic E-state index is -3.74. The number of carbonyl (C=O) groups excluding carboxylic acids is 1. The molecule has 0 aromatic heterocycles. The number of amidine groups is 1. The number of aliphatic carboxylic acids is 1. The number of nitrogens with one attached hydrogen (secondary N) is 1. The third-order valence-corrected chi connectivity index (χ3v) is 5.09. The molecule has 1 aliphatic heterocycles. The third-order valence-electron chi connectivity index (χ3n) is 3.60. The second-order valence-corrected chi connectivity index (χ2v) is 7.55. The summed E-state index contributed by atoms with van der Waals surface area (Å²) in [4.78, 5) is 25.7. The average Bonchev–Trinajstić information content (AvgIpc) is 2.85. The van der Waals surface area contributed by atoms with E-state index >= 15 is 0 Å². The number of anilines is 1. The van der Waals surface area contributed by atoms with Gasteiger partial charge in [-0.15, -0.1) is 0 Å². The Morgan fingerprint density at radius 2 is 1.88 bits per heavy atom. The lowest BCUT2D eigenvalue weighted by Gasteiger charge is -2.18. The molecule has 24 heavy (non-hydrogen) atoms. The van der Waals surface area contributed by atoms with Crippen molar-refractivity contribution in [3.05, 3.63) is 29.8 Å². The Bertz CT molecular complexity index is 760. The number of urea groups is 1. The van der Waals surface area contributed by atoms with E-state index in [4.69, 9.17) is 16.2 Å². The summed E-state index contributed by atoms with van der Waals surface area (Å²) in [6.45, 7) is 0.712. The molecule has 0 atom stereocenters. The van der Waals surface area contributed by atoms with Crippen molar-refractivity contribution >= 4 is 33.4 Å². The number of hydrogen-bond acceptors (Lipinski definition) is 5. The standard InChI is InChI=1S/C14H18N4O5S/c15-13(16)10-1-3-11(4-2-10)18-6-5-17(14(18)21)7-8-24(22,23)9-12(19)20/h1-4H,5-9H2,(H3,15,16)(H,19,20). The van der Waals surface area contributed by atoms with Crippen molar-refractivity contribution < 1.29 is 23.1 Å². The highest BCUT2D eigenvalue weighted by atomic mass is 32.2. The molecule has 1 heterocycles. The first-order valence-corrected chi connectivity index (χ1v) is 8.95. The SMILES string of the molecule is N=C(N)c1ccc(N2CCN(CCS(=O)(=O)CC(=O)O)C2=O)cc1. The monoisotopic (exact) mass is 354 g/mol. The van der Waals surface area contributed by atoms with Crippen LogP contribution >= 0.6 is 0 Å². The van der Waals surface area contributed by atoms with Crippen LogP contribution in [-0.4, -0.2) is 67.4 Å². The maximum atomic E-state index is 12.3. The first-order chi connectivity index (χ1) is 11.2. The van der Waals surface area contributed by atoms with Gasteiger partial charge < -0.3 is 15.7 Å². The molecule has 10 heteroatoms. The van der Waals surface area contributed by atoms with E-state index in [1.165, 1.54) is 9.80 Å². The van der Waals surface area contributed by atoms with Crippen molar-refractivity contribution in [1.82, 2.24) is 4.90 Å².